The third-order valence-corrected chi connectivity index (χ3v) is 5.20. The van der Waals surface area contributed by atoms with Crippen LogP contribution in [0.1, 0.15) is 24.5 Å². The number of carbonyl (C=O) groups is 1. The van der Waals surface area contributed by atoms with Crippen LogP contribution in [0.15, 0.2) is 66.4 Å². The van der Waals surface area contributed by atoms with Crippen molar-refractivity contribution >= 4 is 11.4 Å². The van der Waals surface area contributed by atoms with Crippen LogP contribution in [0.4, 0.5) is 0 Å². The summed E-state index contributed by atoms with van der Waals surface area (Å²) in [6.07, 6.45) is 1.09. The van der Waals surface area contributed by atoms with E-state index in [1.807, 2.05) is 24.3 Å². The van der Waals surface area contributed by atoms with E-state index >= 15 is 0 Å². The Balaban J connectivity index is 1.75. The molecule has 0 spiro atoms. The summed E-state index contributed by atoms with van der Waals surface area (Å²) in [5, 5.41) is 0. The molecule has 0 amide bonds. The quantitative estimate of drug-likeness (QED) is 0.849. The van der Waals surface area contributed by atoms with Crippen molar-refractivity contribution in [3.63, 3.8) is 0 Å². The highest BCUT2D eigenvalue weighted by molar-refractivity contribution is 6.25. The number of ketones is 1. The Morgan fingerprint density at radius 2 is 1.65 bits per heavy atom. The summed E-state index contributed by atoms with van der Waals surface area (Å²) in [6.45, 7) is 4.03. The Labute approximate surface area is 137 Å². The summed E-state index contributed by atoms with van der Waals surface area (Å²) < 4.78 is 0. The van der Waals surface area contributed by atoms with E-state index in [-0.39, 0.29) is 5.92 Å². The molecule has 2 atom stereocenters. The Bertz CT molecular complexity index is 748. The predicted octanol–water partition coefficient (Wildman–Crippen LogP) is 4.14. The maximum atomic E-state index is 12.8. The number of allylic oxidation sites excluding steroid dienone is 2. The molecule has 2 aromatic rings. The van der Waals surface area contributed by atoms with Crippen LogP contribution in [0.5, 0.6) is 0 Å². The van der Waals surface area contributed by atoms with E-state index in [2.05, 4.69) is 48.2 Å². The fourth-order valence-corrected chi connectivity index (χ4v) is 4.02. The molecule has 0 radical (unpaired) electrons. The summed E-state index contributed by atoms with van der Waals surface area (Å²) in [4.78, 5) is 15.3. The average molecular weight is 303 g/mol. The van der Waals surface area contributed by atoms with E-state index in [1.54, 1.807) is 0 Å². The summed E-state index contributed by atoms with van der Waals surface area (Å²) in [7, 11) is 0. The van der Waals surface area contributed by atoms with Crippen LogP contribution in [0.25, 0.3) is 5.57 Å². The second-order valence-corrected chi connectivity index (χ2v) is 6.58. The monoisotopic (exact) mass is 303 g/mol. The molecule has 4 rings (SSSR count). The van der Waals surface area contributed by atoms with E-state index in [4.69, 9.17) is 0 Å². The lowest BCUT2D eigenvalue weighted by atomic mass is 9.94. The fourth-order valence-electron chi connectivity index (χ4n) is 4.02. The first-order chi connectivity index (χ1) is 11.3. The van der Waals surface area contributed by atoms with Crippen LogP contribution in [-0.2, 0) is 11.3 Å². The molecule has 2 aromatic carbocycles. The number of rotatable bonds is 3. The van der Waals surface area contributed by atoms with Gasteiger partial charge in [0, 0.05) is 36.2 Å². The molecule has 23 heavy (non-hydrogen) atoms. The van der Waals surface area contributed by atoms with Gasteiger partial charge in [-0.25, -0.2) is 0 Å². The first kappa shape index (κ1) is 14.3. The van der Waals surface area contributed by atoms with Crippen molar-refractivity contribution in [2.45, 2.75) is 19.9 Å². The summed E-state index contributed by atoms with van der Waals surface area (Å²) in [6, 6.07) is 20.7. The van der Waals surface area contributed by atoms with Crippen molar-refractivity contribution in [3.05, 3.63) is 77.5 Å². The molecule has 0 aromatic heterocycles. The lowest BCUT2D eigenvalue weighted by Gasteiger charge is -2.22. The summed E-state index contributed by atoms with van der Waals surface area (Å²) in [5.41, 5.74) is 4.61. The van der Waals surface area contributed by atoms with E-state index in [9.17, 15) is 4.79 Å². The van der Waals surface area contributed by atoms with Crippen molar-refractivity contribution in [1.29, 1.82) is 0 Å². The largest absolute Gasteiger partial charge is 0.370 e. The number of likely N-dealkylation sites (tertiary alicyclic amines) is 1. The van der Waals surface area contributed by atoms with E-state index in [1.165, 1.54) is 11.3 Å². The smallest absolute Gasteiger partial charge is 0.168 e. The second kappa shape index (κ2) is 5.69. The third-order valence-electron chi connectivity index (χ3n) is 5.20. The molecule has 2 unspecified atom stereocenters. The number of hydrogen-bond acceptors (Lipinski definition) is 2. The van der Waals surface area contributed by atoms with Crippen molar-refractivity contribution < 1.29 is 4.79 Å². The minimum absolute atomic E-state index is 0.112. The lowest BCUT2D eigenvalue weighted by Crippen LogP contribution is -2.18. The maximum Gasteiger partial charge on any atom is 0.168 e. The minimum Gasteiger partial charge on any atom is -0.370 e. The molecule has 2 heteroatoms. The molecule has 1 fully saturated rings. The van der Waals surface area contributed by atoms with Gasteiger partial charge in [0.1, 0.15) is 0 Å². The zero-order chi connectivity index (χ0) is 15.8. The molecular formula is C21H21NO. The number of nitrogens with zero attached hydrogens (tertiary/aromatic N) is 1. The number of benzene rings is 2. The lowest BCUT2D eigenvalue weighted by molar-refractivity contribution is -0.117. The summed E-state index contributed by atoms with van der Waals surface area (Å²) in [5.74, 6) is 0.816. The van der Waals surface area contributed by atoms with Gasteiger partial charge in [-0.2, -0.15) is 0 Å². The number of carbonyl (C=O) groups excluding carboxylic acids is 1. The van der Waals surface area contributed by atoms with Gasteiger partial charge in [0.2, 0.25) is 0 Å². The highest BCUT2D eigenvalue weighted by Crippen LogP contribution is 2.47. The molecule has 0 N–H and O–H groups in total. The zero-order valence-electron chi connectivity index (χ0n) is 13.4. The molecule has 2 nitrogen and oxygen atoms in total. The van der Waals surface area contributed by atoms with Gasteiger partial charge >= 0.3 is 0 Å². The Hall–Kier alpha value is -2.35. The van der Waals surface area contributed by atoms with Crippen LogP contribution in [0.2, 0.25) is 0 Å². The van der Waals surface area contributed by atoms with Gasteiger partial charge in [0.15, 0.2) is 5.78 Å². The van der Waals surface area contributed by atoms with Crippen molar-refractivity contribution in [2.24, 2.45) is 11.8 Å². The van der Waals surface area contributed by atoms with Crippen molar-refractivity contribution in [3.8, 4) is 0 Å². The maximum absolute atomic E-state index is 12.8. The molecule has 0 bridgehead atoms. The van der Waals surface area contributed by atoms with Crippen LogP contribution in [0.3, 0.4) is 0 Å². The Kier molecular flexibility index (Phi) is 3.53. The SMILES string of the molecule is CC1C(=O)C(c2ccccc2)=C2C1CCN2Cc1ccccc1. The first-order valence-electron chi connectivity index (χ1n) is 8.38. The molecule has 0 saturated carbocycles. The minimum atomic E-state index is 0.112. The number of hydrogen-bond donors (Lipinski definition) is 0. The molecule has 116 valence electrons. The van der Waals surface area contributed by atoms with Gasteiger partial charge in [-0.15, -0.1) is 0 Å². The molecular weight excluding hydrogens is 282 g/mol. The van der Waals surface area contributed by atoms with Gasteiger partial charge < -0.3 is 4.90 Å². The fraction of sp³-hybridized carbons (Fsp3) is 0.286. The Morgan fingerprint density at radius 3 is 2.35 bits per heavy atom. The van der Waals surface area contributed by atoms with Crippen LogP contribution >= 0.6 is 0 Å². The van der Waals surface area contributed by atoms with Crippen LogP contribution < -0.4 is 0 Å². The van der Waals surface area contributed by atoms with Gasteiger partial charge in [0.25, 0.3) is 0 Å². The first-order valence-corrected chi connectivity index (χ1v) is 8.38. The van der Waals surface area contributed by atoms with Gasteiger partial charge in [-0.1, -0.05) is 67.6 Å². The molecule has 1 aliphatic carbocycles. The normalized spacial score (nSPS) is 23.5. The van der Waals surface area contributed by atoms with E-state index < -0.39 is 0 Å². The summed E-state index contributed by atoms with van der Waals surface area (Å²) >= 11 is 0. The molecule has 1 aliphatic heterocycles. The van der Waals surface area contributed by atoms with E-state index in [0.29, 0.717) is 11.7 Å². The van der Waals surface area contributed by atoms with Gasteiger partial charge in [-0.3, -0.25) is 4.79 Å². The van der Waals surface area contributed by atoms with Crippen molar-refractivity contribution in [2.75, 3.05) is 6.54 Å². The topological polar surface area (TPSA) is 20.3 Å². The highest BCUT2D eigenvalue weighted by atomic mass is 16.1. The standard InChI is InChI=1S/C21H21NO/c1-15-18-12-13-22(14-16-8-4-2-5-9-16)20(18)19(21(15)23)17-10-6-3-7-11-17/h2-11,15,18H,12-14H2,1H3. The zero-order valence-corrected chi connectivity index (χ0v) is 13.4. The molecule has 2 aliphatic rings. The van der Waals surface area contributed by atoms with E-state index in [0.717, 1.165) is 30.6 Å². The third kappa shape index (κ3) is 2.39. The van der Waals surface area contributed by atoms with Gasteiger partial charge in [0.05, 0.1) is 0 Å². The van der Waals surface area contributed by atoms with Crippen LogP contribution in [0, 0.1) is 11.8 Å². The van der Waals surface area contributed by atoms with Crippen molar-refractivity contribution in [1.82, 2.24) is 4.90 Å². The number of fused-ring (bicyclic) bond motifs is 1. The Morgan fingerprint density at radius 1 is 1.00 bits per heavy atom. The average Bonchev–Trinajstić information content (AvgIpc) is 3.10. The molecule has 1 heterocycles. The highest BCUT2D eigenvalue weighted by Gasteiger charge is 2.45. The molecule has 1 saturated heterocycles. The van der Waals surface area contributed by atoms with Crippen LogP contribution in [-0.4, -0.2) is 17.2 Å². The number of Topliss-reactive ketones (excluding diaryl/α,β-unsaturated/α-hetero) is 1. The van der Waals surface area contributed by atoms with Gasteiger partial charge in [-0.05, 0) is 17.5 Å². The second-order valence-electron chi connectivity index (χ2n) is 6.58. The predicted molar refractivity (Wildman–Crippen MR) is 92.5 cm³/mol.